The van der Waals surface area contributed by atoms with E-state index in [0.717, 1.165) is 24.3 Å². The van der Waals surface area contributed by atoms with Crippen LogP contribution in [0.3, 0.4) is 0 Å². The molecule has 0 unspecified atom stereocenters. The minimum Gasteiger partial charge on any atom is -0.393 e. The van der Waals surface area contributed by atoms with Crippen molar-refractivity contribution in [3.63, 3.8) is 0 Å². The summed E-state index contributed by atoms with van der Waals surface area (Å²) in [5, 5.41) is 19.9. The van der Waals surface area contributed by atoms with Crippen molar-refractivity contribution in [1.29, 1.82) is 0 Å². The van der Waals surface area contributed by atoms with Gasteiger partial charge in [-0.25, -0.2) is 15.6 Å². The summed E-state index contributed by atoms with van der Waals surface area (Å²) in [5.74, 6) is 5.62. The number of aliphatic hydroxyl groups excluding tert-OH is 1. The Hall–Kier alpha value is -2.17. The molecule has 0 aromatic carbocycles. The van der Waals surface area contributed by atoms with Gasteiger partial charge in [0.15, 0.2) is 0 Å². The van der Waals surface area contributed by atoms with Crippen molar-refractivity contribution in [2.24, 2.45) is 5.84 Å². The molecule has 3 rings (SSSR count). The summed E-state index contributed by atoms with van der Waals surface area (Å²) in [6.45, 7) is 2.09. The number of nitrogens with one attached hydrogen (secondary N) is 2. The monoisotopic (exact) mass is 366 g/mol. The van der Waals surface area contributed by atoms with Crippen molar-refractivity contribution in [3.05, 3.63) is 11.9 Å². The van der Waals surface area contributed by atoms with Crippen molar-refractivity contribution >= 4 is 17.6 Å². The summed E-state index contributed by atoms with van der Waals surface area (Å²) in [6, 6.07) is -0.404. The molecular weight excluding hydrogens is 340 g/mol. The van der Waals surface area contributed by atoms with E-state index in [9.17, 15) is 14.7 Å². The molecule has 144 valence electrons. The van der Waals surface area contributed by atoms with E-state index in [4.69, 9.17) is 10.6 Å². The topological polar surface area (TPSA) is 137 Å². The van der Waals surface area contributed by atoms with Gasteiger partial charge in [0, 0.05) is 25.7 Å². The molecule has 2 fully saturated rings. The number of nitrogens with zero attached hydrogens (tertiary/aromatic N) is 3. The number of aromatic nitrogens is 2. The molecule has 1 aromatic rings. The molecule has 2 heterocycles. The van der Waals surface area contributed by atoms with Crippen molar-refractivity contribution in [3.8, 4) is 0 Å². The number of carbonyl (C=O) groups excluding carboxylic acids is 2. The molecule has 2 aliphatic rings. The summed E-state index contributed by atoms with van der Waals surface area (Å²) in [6.07, 6.45) is 4.58. The Labute approximate surface area is 151 Å². The first-order chi connectivity index (χ1) is 12.6. The zero-order valence-corrected chi connectivity index (χ0v) is 14.7. The molecule has 1 aliphatic carbocycles. The first kappa shape index (κ1) is 18.6. The molecule has 0 bridgehead atoms. The lowest BCUT2D eigenvalue weighted by atomic mass is 9.93. The summed E-state index contributed by atoms with van der Waals surface area (Å²) < 4.78 is 5.35. The van der Waals surface area contributed by atoms with E-state index < -0.39 is 6.03 Å². The van der Waals surface area contributed by atoms with Crippen LogP contribution in [0.1, 0.15) is 42.6 Å². The van der Waals surface area contributed by atoms with E-state index in [1.165, 1.54) is 6.20 Å². The second-order valence-electron chi connectivity index (χ2n) is 6.71. The number of hydrogen-bond donors (Lipinski definition) is 4. The molecule has 10 heteroatoms. The number of H-pyrrole nitrogens is 1. The Bertz CT molecular complexity index is 620. The van der Waals surface area contributed by atoms with Crippen LogP contribution >= 0.6 is 0 Å². The summed E-state index contributed by atoms with van der Waals surface area (Å²) in [7, 11) is 0. The van der Waals surface area contributed by atoms with Crippen molar-refractivity contribution in [1.82, 2.24) is 20.4 Å². The van der Waals surface area contributed by atoms with E-state index >= 15 is 0 Å². The van der Waals surface area contributed by atoms with Crippen molar-refractivity contribution in [2.45, 2.75) is 44.2 Å². The average molecular weight is 366 g/mol. The normalized spacial score (nSPS) is 24.0. The molecule has 0 spiro atoms. The Morgan fingerprint density at radius 1 is 1.31 bits per heavy atom. The van der Waals surface area contributed by atoms with E-state index in [2.05, 4.69) is 15.5 Å². The average Bonchev–Trinajstić information content (AvgIpc) is 2.98. The van der Waals surface area contributed by atoms with Gasteiger partial charge in [-0.3, -0.25) is 9.89 Å². The first-order valence-corrected chi connectivity index (χ1v) is 9.00. The molecule has 0 radical (unpaired) electrons. The number of amides is 3. The van der Waals surface area contributed by atoms with E-state index in [1.807, 2.05) is 0 Å². The number of rotatable bonds is 3. The molecule has 10 nitrogen and oxygen atoms in total. The summed E-state index contributed by atoms with van der Waals surface area (Å²) in [5.41, 5.74) is 0.381. The number of aliphatic hydroxyl groups is 1. The van der Waals surface area contributed by atoms with Crippen LogP contribution < -0.4 is 16.2 Å². The zero-order chi connectivity index (χ0) is 18.5. The molecule has 26 heavy (non-hydrogen) atoms. The second kappa shape index (κ2) is 8.47. The standard InChI is InChI=1S/C16H26N6O4/c17-22(16(25)21-6-1-8-26-9-7-21)13-10-18-20-14(13)15(24)19-11-2-4-12(23)5-3-11/h10-12,23H,1-9,17H2,(H,18,20)(H,19,24). The number of ether oxygens (including phenoxy) is 1. The third-order valence-electron chi connectivity index (χ3n) is 4.84. The lowest BCUT2D eigenvalue weighted by Crippen LogP contribution is -2.49. The number of anilines is 1. The fourth-order valence-corrected chi connectivity index (χ4v) is 3.30. The molecule has 1 saturated heterocycles. The molecule has 3 amide bonds. The van der Waals surface area contributed by atoms with Gasteiger partial charge >= 0.3 is 6.03 Å². The molecule has 1 saturated carbocycles. The van der Waals surface area contributed by atoms with Crippen LogP contribution in [0.15, 0.2) is 6.20 Å². The highest BCUT2D eigenvalue weighted by Crippen LogP contribution is 2.21. The summed E-state index contributed by atoms with van der Waals surface area (Å²) in [4.78, 5) is 26.8. The van der Waals surface area contributed by atoms with Crippen LogP contribution in [0.4, 0.5) is 10.5 Å². The first-order valence-electron chi connectivity index (χ1n) is 9.00. The zero-order valence-electron chi connectivity index (χ0n) is 14.7. The van der Waals surface area contributed by atoms with Crippen LogP contribution in [0.5, 0.6) is 0 Å². The second-order valence-corrected chi connectivity index (χ2v) is 6.71. The number of nitrogens with two attached hydrogens (primary N) is 1. The largest absolute Gasteiger partial charge is 0.393 e. The summed E-state index contributed by atoms with van der Waals surface area (Å²) >= 11 is 0. The van der Waals surface area contributed by atoms with Gasteiger partial charge in [0.2, 0.25) is 0 Å². The predicted molar refractivity (Wildman–Crippen MR) is 93.4 cm³/mol. The maximum atomic E-state index is 12.6. The van der Waals surface area contributed by atoms with Gasteiger partial charge in [-0.2, -0.15) is 5.10 Å². The molecule has 1 aromatic heterocycles. The van der Waals surface area contributed by atoms with Crippen LogP contribution in [-0.4, -0.2) is 70.6 Å². The van der Waals surface area contributed by atoms with E-state index in [0.29, 0.717) is 39.1 Å². The van der Waals surface area contributed by atoms with E-state index in [-0.39, 0.29) is 29.4 Å². The number of aromatic amines is 1. The predicted octanol–water partition coefficient (Wildman–Crippen LogP) is -0.0346. The molecule has 1 aliphatic heterocycles. The maximum Gasteiger partial charge on any atom is 0.339 e. The number of hydrazine groups is 1. The van der Waals surface area contributed by atoms with Gasteiger partial charge < -0.3 is 20.1 Å². The fourth-order valence-electron chi connectivity index (χ4n) is 3.30. The SMILES string of the molecule is NN(C(=O)N1CCCOCC1)c1cn[nH]c1C(=O)NC1CCC(O)CC1. The minimum absolute atomic E-state index is 0.00766. The Kier molecular flexibility index (Phi) is 6.07. The van der Waals surface area contributed by atoms with Gasteiger partial charge in [0.25, 0.3) is 5.91 Å². The lowest BCUT2D eigenvalue weighted by Gasteiger charge is -2.27. The van der Waals surface area contributed by atoms with E-state index in [1.54, 1.807) is 4.90 Å². The van der Waals surface area contributed by atoms with Gasteiger partial charge in [0.05, 0.1) is 18.9 Å². The smallest absolute Gasteiger partial charge is 0.339 e. The molecule has 5 N–H and O–H groups in total. The maximum absolute atomic E-state index is 12.6. The third kappa shape index (κ3) is 4.32. The van der Waals surface area contributed by atoms with Crippen LogP contribution in [0.25, 0.3) is 0 Å². The van der Waals surface area contributed by atoms with Crippen LogP contribution in [0, 0.1) is 0 Å². The lowest BCUT2D eigenvalue weighted by molar-refractivity contribution is 0.0863. The number of hydrogen-bond acceptors (Lipinski definition) is 6. The Morgan fingerprint density at radius 2 is 2.08 bits per heavy atom. The van der Waals surface area contributed by atoms with Crippen molar-refractivity contribution in [2.75, 3.05) is 31.3 Å². The third-order valence-corrected chi connectivity index (χ3v) is 4.84. The minimum atomic E-state index is -0.397. The van der Waals surface area contributed by atoms with Gasteiger partial charge in [-0.15, -0.1) is 0 Å². The Morgan fingerprint density at radius 3 is 2.85 bits per heavy atom. The quantitative estimate of drug-likeness (QED) is 0.337. The van der Waals surface area contributed by atoms with Crippen molar-refractivity contribution < 1.29 is 19.4 Å². The molecule has 0 atom stereocenters. The highest BCUT2D eigenvalue weighted by atomic mass is 16.5. The van der Waals surface area contributed by atoms with Crippen LogP contribution in [0.2, 0.25) is 0 Å². The Balaban J connectivity index is 1.64. The van der Waals surface area contributed by atoms with Crippen LogP contribution in [-0.2, 0) is 4.74 Å². The van der Waals surface area contributed by atoms with Gasteiger partial charge in [0.1, 0.15) is 11.4 Å². The fraction of sp³-hybridized carbons (Fsp3) is 0.688. The highest BCUT2D eigenvalue weighted by Gasteiger charge is 2.28. The highest BCUT2D eigenvalue weighted by molar-refractivity contribution is 6.02. The number of urea groups is 1. The van der Waals surface area contributed by atoms with Gasteiger partial charge in [-0.05, 0) is 32.1 Å². The number of carbonyl (C=O) groups is 2. The molecular formula is C16H26N6O4. The van der Waals surface area contributed by atoms with Gasteiger partial charge in [-0.1, -0.05) is 0 Å².